The molecule has 100 valence electrons. The Balaban J connectivity index is 1.82. The number of aliphatic hydroxyl groups is 1. The van der Waals surface area contributed by atoms with Crippen LogP contribution >= 0.6 is 0 Å². The molecular weight excluding hydrogens is 238 g/mol. The smallest absolute Gasteiger partial charge is 0.138 e. The third kappa shape index (κ3) is 4.00. The van der Waals surface area contributed by atoms with Gasteiger partial charge in [0.2, 0.25) is 0 Å². The molecule has 2 aromatic rings. The number of aromatic hydroxyl groups is 1. The maximum absolute atomic E-state index is 9.70. The van der Waals surface area contributed by atoms with Crippen molar-refractivity contribution in [2.24, 2.45) is 0 Å². The van der Waals surface area contributed by atoms with Crippen LogP contribution in [0.5, 0.6) is 5.75 Å². The first kappa shape index (κ1) is 13.4. The molecule has 0 radical (unpaired) electrons. The normalized spacial score (nSPS) is 10.4. The van der Waals surface area contributed by atoms with Crippen LogP contribution in [0, 0.1) is 0 Å². The van der Waals surface area contributed by atoms with E-state index in [1.807, 2.05) is 18.2 Å². The van der Waals surface area contributed by atoms with E-state index < -0.39 is 0 Å². The third-order valence-corrected chi connectivity index (χ3v) is 3.04. The Morgan fingerprint density at radius 1 is 0.947 bits per heavy atom. The first-order valence-corrected chi connectivity index (χ1v) is 6.50. The van der Waals surface area contributed by atoms with Gasteiger partial charge in [-0.2, -0.15) is 0 Å². The van der Waals surface area contributed by atoms with Gasteiger partial charge in [0, 0.05) is 6.54 Å². The molecular formula is C16H19NO2. The Kier molecular flexibility index (Phi) is 4.81. The van der Waals surface area contributed by atoms with E-state index >= 15 is 0 Å². The molecule has 2 rings (SSSR count). The number of nitrogens with one attached hydrogen (secondary N) is 1. The first-order valence-electron chi connectivity index (χ1n) is 6.50. The van der Waals surface area contributed by atoms with Crippen LogP contribution in [0.2, 0.25) is 0 Å². The number of phenols is 1. The van der Waals surface area contributed by atoms with E-state index in [2.05, 4.69) is 17.4 Å². The largest absolute Gasteiger partial charge is 0.506 e. The molecule has 0 spiro atoms. The second-order valence-corrected chi connectivity index (χ2v) is 4.53. The topological polar surface area (TPSA) is 52.5 Å². The molecule has 2 aromatic carbocycles. The van der Waals surface area contributed by atoms with Crippen molar-refractivity contribution in [3.05, 3.63) is 59.7 Å². The summed E-state index contributed by atoms with van der Waals surface area (Å²) in [5.74, 6) is 0.219. The van der Waals surface area contributed by atoms with Gasteiger partial charge in [-0.25, -0.2) is 0 Å². The van der Waals surface area contributed by atoms with Crippen LogP contribution in [0.1, 0.15) is 17.5 Å². The summed E-state index contributed by atoms with van der Waals surface area (Å²) in [6.45, 7) is 0.774. The van der Waals surface area contributed by atoms with E-state index in [0.29, 0.717) is 5.69 Å². The molecule has 0 unspecified atom stereocenters. The second kappa shape index (κ2) is 6.81. The average molecular weight is 257 g/mol. The standard InChI is InChI=1S/C16H19NO2/c18-12-14-8-9-16(19)15(11-14)17-10-4-7-13-5-2-1-3-6-13/h1-3,5-6,8-9,11,17-19H,4,7,10,12H2. The molecule has 0 aromatic heterocycles. The van der Waals surface area contributed by atoms with E-state index in [9.17, 15) is 5.11 Å². The zero-order chi connectivity index (χ0) is 13.5. The molecule has 3 nitrogen and oxygen atoms in total. The minimum Gasteiger partial charge on any atom is -0.506 e. The van der Waals surface area contributed by atoms with Crippen molar-refractivity contribution < 1.29 is 10.2 Å². The molecule has 0 heterocycles. The maximum Gasteiger partial charge on any atom is 0.138 e. The monoisotopic (exact) mass is 257 g/mol. The molecule has 0 fully saturated rings. The van der Waals surface area contributed by atoms with E-state index in [1.165, 1.54) is 5.56 Å². The van der Waals surface area contributed by atoms with Crippen molar-refractivity contribution >= 4 is 5.69 Å². The van der Waals surface area contributed by atoms with Crippen molar-refractivity contribution in [2.45, 2.75) is 19.4 Å². The fourth-order valence-corrected chi connectivity index (χ4v) is 1.98. The number of hydrogen-bond donors (Lipinski definition) is 3. The Labute approximate surface area is 113 Å². The minimum atomic E-state index is -0.0149. The summed E-state index contributed by atoms with van der Waals surface area (Å²) in [6.07, 6.45) is 2.00. The van der Waals surface area contributed by atoms with Gasteiger partial charge in [-0.15, -0.1) is 0 Å². The lowest BCUT2D eigenvalue weighted by molar-refractivity contribution is 0.282. The summed E-state index contributed by atoms with van der Waals surface area (Å²) in [5, 5.41) is 22.0. The number of anilines is 1. The van der Waals surface area contributed by atoms with Gasteiger partial charge in [-0.1, -0.05) is 36.4 Å². The van der Waals surface area contributed by atoms with E-state index in [0.717, 1.165) is 24.9 Å². The van der Waals surface area contributed by atoms with Gasteiger partial charge in [0.05, 0.1) is 12.3 Å². The predicted molar refractivity (Wildman–Crippen MR) is 77.3 cm³/mol. The fourth-order valence-electron chi connectivity index (χ4n) is 1.98. The van der Waals surface area contributed by atoms with E-state index in [1.54, 1.807) is 18.2 Å². The van der Waals surface area contributed by atoms with Gasteiger partial charge in [0.25, 0.3) is 0 Å². The van der Waals surface area contributed by atoms with E-state index in [4.69, 9.17) is 5.11 Å². The Morgan fingerprint density at radius 3 is 2.47 bits per heavy atom. The summed E-state index contributed by atoms with van der Waals surface area (Å²) in [7, 11) is 0. The molecule has 19 heavy (non-hydrogen) atoms. The summed E-state index contributed by atoms with van der Waals surface area (Å²) in [4.78, 5) is 0. The van der Waals surface area contributed by atoms with Crippen molar-refractivity contribution in [3.8, 4) is 5.75 Å². The predicted octanol–water partition coefficient (Wildman–Crippen LogP) is 2.93. The van der Waals surface area contributed by atoms with Crippen molar-refractivity contribution in [3.63, 3.8) is 0 Å². The van der Waals surface area contributed by atoms with Crippen LogP contribution in [0.3, 0.4) is 0 Å². The van der Waals surface area contributed by atoms with Crippen LogP contribution in [-0.4, -0.2) is 16.8 Å². The Bertz CT molecular complexity index is 511. The lowest BCUT2D eigenvalue weighted by atomic mass is 10.1. The van der Waals surface area contributed by atoms with Crippen molar-refractivity contribution in [2.75, 3.05) is 11.9 Å². The highest BCUT2D eigenvalue weighted by molar-refractivity contribution is 5.57. The SMILES string of the molecule is OCc1ccc(O)c(NCCCc2ccccc2)c1. The first-order chi connectivity index (χ1) is 9.29. The Morgan fingerprint density at radius 2 is 1.74 bits per heavy atom. The van der Waals surface area contributed by atoms with Crippen LogP contribution in [0.4, 0.5) is 5.69 Å². The molecule has 0 saturated carbocycles. The zero-order valence-electron chi connectivity index (χ0n) is 10.8. The number of aryl methyl sites for hydroxylation is 1. The summed E-state index contributed by atoms with van der Waals surface area (Å²) in [5.41, 5.74) is 2.79. The highest BCUT2D eigenvalue weighted by atomic mass is 16.3. The number of rotatable bonds is 6. The lowest BCUT2D eigenvalue weighted by Gasteiger charge is -2.09. The number of aliphatic hydroxyl groups excluding tert-OH is 1. The average Bonchev–Trinajstić information content (AvgIpc) is 2.46. The number of benzene rings is 2. The van der Waals surface area contributed by atoms with Gasteiger partial charge in [0.1, 0.15) is 5.75 Å². The van der Waals surface area contributed by atoms with Gasteiger partial charge in [-0.05, 0) is 36.1 Å². The fraction of sp³-hybridized carbons (Fsp3) is 0.250. The molecule has 0 saturated heterocycles. The second-order valence-electron chi connectivity index (χ2n) is 4.53. The van der Waals surface area contributed by atoms with Gasteiger partial charge < -0.3 is 15.5 Å². The molecule has 0 aliphatic carbocycles. The molecule has 0 atom stereocenters. The molecule has 0 amide bonds. The van der Waals surface area contributed by atoms with Crippen molar-refractivity contribution in [1.82, 2.24) is 0 Å². The summed E-state index contributed by atoms with van der Waals surface area (Å²) >= 11 is 0. The molecule has 0 aliphatic heterocycles. The quantitative estimate of drug-likeness (QED) is 0.551. The zero-order valence-corrected chi connectivity index (χ0v) is 10.8. The van der Waals surface area contributed by atoms with Gasteiger partial charge in [0.15, 0.2) is 0 Å². The molecule has 3 heteroatoms. The van der Waals surface area contributed by atoms with Gasteiger partial charge >= 0.3 is 0 Å². The van der Waals surface area contributed by atoms with Crippen molar-refractivity contribution in [1.29, 1.82) is 0 Å². The molecule has 0 aliphatic rings. The Hall–Kier alpha value is -2.00. The summed E-state index contributed by atoms with van der Waals surface area (Å²) < 4.78 is 0. The van der Waals surface area contributed by atoms with E-state index in [-0.39, 0.29) is 12.4 Å². The third-order valence-electron chi connectivity index (χ3n) is 3.04. The number of hydrogen-bond acceptors (Lipinski definition) is 3. The lowest BCUT2D eigenvalue weighted by Crippen LogP contribution is -2.03. The minimum absolute atomic E-state index is 0.0149. The maximum atomic E-state index is 9.70. The van der Waals surface area contributed by atoms with Crippen LogP contribution in [-0.2, 0) is 13.0 Å². The molecule has 3 N–H and O–H groups in total. The van der Waals surface area contributed by atoms with Crippen LogP contribution < -0.4 is 5.32 Å². The van der Waals surface area contributed by atoms with Gasteiger partial charge in [-0.3, -0.25) is 0 Å². The highest BCUT2D eigenvalue weighted by Crippen LogP contribution is 2.24. The number of phenolic OH excluding ortho intramolecular Hbond substituents is 1. The summed E-state index contributed by atoms with van der Waals surface area (Å²) in [6, 6.07) is 15.4. The molecule has 0 bridgehead atoms. The van der Waals surface area contributed by atoms with Crippen LogP contribution in [0.15, 0.2) is 48.5 Å². The highest BCUT2D eigenvalue weighted by Gasteiger charge is 2.01. The van der Waals surface area contributed by atoms with Crippen LogP contribution in [0.25, 0.3) is 0 Å².